The zero-order valence-corrected chi connectivity index (χ0v) is 10.5. The van der Waals surface area contributed by atoms with Crippen molar-refractivity contribution >= 4 is 17.0 Å². The zero-order valence-electron chi connectivity index (χ0n) is 9.70. The molecule has 0 aliphatic carbocycles. The lowest BCUT2D eigenvalue weighted by molar-refractivity contribution is 0.578. The third-order valence-corrected chi connectivity index (χ3v) is 3.75. The van der Waals surface area contributed by atoms with E-state index in [9.17, 15) is 8.78 Å². The van der Waals surface area contributed by atoms with Crippen LogP contribution in [0, 0.1) is 11.6 Å². The minimum Gasteiger partial charge on any atom is -0.367 e. The molecule has 0 unspecified atom stereocenters. The van der Waals surface area contributed by atoms with E-state index in [2.05, 4.69) is 4.98 Å². The van der Waals surface area contributed by atoms with E-state index in [1.165, 1.54) is 23.5 Å². The van der Waals surface area contributed by atoms with Crippen LogP contribution in [0.5, 0.6) is 0 Å². The molecule has 1 aromatic heterocycles. The van der Waals surface area contributed by atoms with Crippen LogP contribution in [0.4, 0.5) is 14.5 Å². The third-order valence-electron chi connectivity index (χ3n) is 3.17. The number of hydrogen-bond acceptors (Lipinski definition) is 3. The Morgan fingerprint density at radius 1 is 1.11 bits per heavy atom. The van der Waals surface area contributed by atoms with Gasteiger partial charge in [0.15, 0.2) is 0 Å². The van der Waals surface area contributed by atoms with Gasteiger partial charge in [0, 0.05) is 24.0 Å². The first-order chi connectivity index (χ1) is 8.75. The molecule has 0 radical (unpaired) electrons. The van der Waals surface area contributed by atoms with Gasteiger partial charge < -0.3 is 4.90 Å². The van der Waals surface area contributed by atoms with Gasteiger partial charge in [0.2, 0.25) is 0 Å². The molecule has 2 aromatic rings. The Bertz CT molecular complexity index is 525. The van der Waals surface area contributed by atoms with Gasteiger partial charge in [-0.1, -0.05) is 0 Å². The number of rotatable bonds is 2. The van der Waals surface area contributed by atoms with E-state index in [-0.39, 0.29) is 5.69 Å². The van der Waals surface area contributed by atoms with Crippen LogP contribution in [0.3, 0.4) is 0 Å². The van der Waals surface area contributed by atoms with Gasteiger partial charge in [-0.2, -0.15) is 0 Å². The van der Waals surface area contributed by atoms with Crippen molar-refractivity contribution in [3.05, 3.63) is 34.7 Å². The summed E-state index contributed by atoms with van der Waals surface area (Å²) in [7, 11) is 0. The molecule has 0 saturated carbocycles. The van der Waals surface area contributed by atoms with E-state index >= 15 is 0 Å². The average Bonchev–Trinajstić information content (AvgIpc) is 3.01. The molecule has 1 aromatic carbocycles. The van der Waals surface area contributed by atoms with E-state index in [0.717, 1.165) is 25.9 Å². The molecule has 1 saturated heterocycles. The number of nitrogens with zero attached hydrogens (tertiary/aromatic N) is 2. The number of thiazole rings is 1. The minimum absolute atomic E-state index is 0.103. The highest BCUT2D eigenvalue weighted by Crippen LogP contribution is 2.31. The molecule has 2 heterocycles. The standard InChI is InChI=1S/C13H12F2N2S/c14-10-5-9(12-7-18-8-16-12)6-11(15)13(10)17-3-1-2-4-17/h5-8H,1-4H2. The van der Waals surface area contributed by atoms with Crippen LogP contribution >= 0.6 is 11.3 Å². The Labute approximate surface area is 108 Å². The lowest BCUT2D eigenvalue weighted by Crippen LogP contribution is -2.20. The van der Waals surface area contributed by atoms with Gasteiger partial charge in [-0.15, -0.1) is 11.3 Å². The van der Waals surface area contributed by atoms with Gasteiger partial charge in [0.25, 0.3) is 0 Å². The van der Waals surface area contributed by atoms with E-state index < -0.39 is 11.6 Å². The average molecular weight is 266 g/mol. The summed E-state index contributed by atoms with van der Waals surface area (Å²) in [6.07, 6.45) is 1.99. The maximum absolute atomic E-state index is 14.0. The SMILES string of the molecule is Fc1cc(-c2cscn2)cc(F)c1N1CCCC1. The van der Waals surface area contributed by atoms with Crippen molar-refractivity contribution in [2.24, 2.45) is 0 Å². The van der Waals surface area contributed by atoms with Crippen molar-refractivity contribution in [3.8, 4) is 11.3 Å². The molecule has 2 nitrogen and oxygen atoms in total. The van der Waals surface area contributed by atoms with Crippen LogP contribution in [0.25, 0.3) is 11.3 Å². The van der Waals surface area contributed by atoms with E-state index in [1.54, 1.807) is 15.8 Å². The predicted molar refractivity (Wildman–Crippen MR) is 68.9 cm³/mol. The molecule has 18 heavy (non-hydrogen) atoms. The van der Waals surface area contributed by atoms with E-state index in [4.69, 9.17) is 0 Å². The maximum atomic E-state index is 14.0. The quantitative estimate of drug-likeness (QED) is 0.824. The summed E-state index contributed by atoms with van der Waals surface area (Å²) in [6.45, 7) is 1.45. The Morgan fingerprint density at radius 3 is 2.33 bits per heavy atom. The fourth-order valence-corrected chi connectivity index (χ4v) is 2.87. The van der Waals surface area contributed by atoms with Crippen LogP contribution in [-0.2, 0) is 0 Å². The highest BCUT2D eigenvalue weighted by atomic mass is 32.1. The molecule has 3 rings (SSSR count). The Balaban J connectivity index is 2.03. The van der Waals surface area contributed by atoms with Crippen LogP contribution in [-0.4, -0.2) is 18.1 Å². The summed E-state index contributed by atoms with van der Waals surface area (Å²) < 4.78 is 28.1. The fraction of sp³-hybridized carbons (Fsp3) is 0.308. The van der Waals surface area contributed by atoms with Crippen LogP contribution < -0.4 is 4.90 Å². The predicted octanol–water partition coefficient (Wildman–Crippen LogP) is 3.69. The molecular weight excluding hydrogens is 254 g/mol. The minimum atomic E-state index is -0.500. The largest absolute Gasteiger partial charge is 0.367 e. The molecule has 94 valence electrons. The van der Waals surface area contributed by atoms with Crippen molar-refractivity contribution in [2.45, 2.75) is 12.8 Å². The Hall–Kier alpha value is -1.49. The van der Waals surface area contributed by atoms with Crippen LogP contribution in [0.1, 0.15) is 12.8 Å². The molecule has 0 atom stereocenters. The molecule has 0 spiro atoms. The summed E-state index contributed by atoms with van der Waals surface area (Å²) in [5, 5.41) is 1.78. The summed E-state index contributed by atoms with van der Waals surface area (Å²) in [6, 6.07) is 2.73. The molecule has 5 heteroatoms. The second-order valence-electron chi connectivity index (χ2n) is 4.36. The van der Waals surface area contributed by atoms with Crippen molar-refractivity contribution < 1.29 is 8.78 Å². The molecule has 1 aliphatic heterocycles. The zero-order chi connectivity index (χ0) is 12.5. The first-order valence-corrected chi connectivity index (χ1v) is 6.82. The fourth-order valence-electron chi connectivity index (χ4n) is 2.31. The Kier molecular flexibility index (Phi) is 2.99. The second-order valence-corrected chi connectivity index (χ2v) is 5.08. The number of halogens is 2. The monoisotopic (exact) mass is 266 g/mol. The summed E-state index contributed by atoms with van der Waals surface area (Å²) in [4.78, 5) is 5.84. The first kappa shape index (κ1) is 11.6. The lowest BCUT2D eigenvalue weighted by atomic mass is 10.1. The summed E-state index contributed by atoms with van der Waals surface area (Å²) >= 11 is 1.41. The maximum Gasteiger partial charge on any atom is 0.150 e. The Morgan fingerprint density at radius 2 is 1.78 bits per heavy atom. The number of aromatic nitrogens is 1. The van der Waals surface area contributed by atoms with Crippen molar-refractivity contribution in [3.63, 3.8) is 0 Å². The molecule has 0 N–H and O–H groups in total. The van der Waals surface area contributed by atoms with Gasteiger partial charge in [-0.25, -0.2) is 13.8 Å². The van der Waals surface area contributed by atoms with E-state index in [1.807, 2.05) is 0 Å². The highest BCUT2D eigenvalue weighted by Gasteiger charge is 2.21. The first-order valence-electron chi connectivity index (χ1n) is 5.88. The number of hydrogen-bond donors (Lipinski definition) is 0. The molecular formula is C13H12F2N2S. The summed E-state index contributed by atoms with van der Waals surface area (Å²) in [5.41, 5.74) is 2.87. The van der Waals surface area contributed by atoms with Crippen molar-refractivity contribution in [1.82, 2.24) is 4.98 Å². The van der Waals surface area contributed by atoms with Crippen LogP contribution in [0.2, 0.25) is 0 Å². The number of benzene rings is 1. The van der Waals surface area contributed by atoms with E-state index in [0.29, 0.717) is 11.3 Å². The van der Waals surface area contributed by atoms with Gasteiger partial charge >= 0.3 is 0 Å². The van der Waals surface area contributed by atoms with Crippen molar-refractivity contribution in [1.29, 1.82) is 0 Å². The number of anilines is 1. The van der Waals surface area contributed by atoms with Gasteiger partial charge in [-0.05, 0) is 25.0 Å². The van der Waals surface area contributed by atoms with Gasteiger partial charge in [-0.3, -0.25) is 0 Å². The van der Waals surface area contributed by atoms with Gasteiger partial charge in [0.1, 0.15) is 17.3 Å². The topological polar surface area (TPSA) is 16.1 Å². The van der Waals surface area contributed by atoms with Crippen molar-refractivity contribution in [2.75, 3.05) is 18.0 Å². The smallest absolute Gasteiger partial charge is 0.150 e. The second kappa shape index (κ2) is 4.65. The highest BCUT2D eigenvalue weighted by molar-refractivity contribution is 7.07. The molecule has 0 bridgehead atoms. The normalized spacial score (nSPS) is 15.3. The summed E-state index contributed by atoms with van der Waals surface area (Å²) in [5.74, 6) is -1.00. The molecule has 1 fully saturated rings. The van der Waals surface area contributed by atoms with Crippen LogP contribution in [0.15, 0.2) is 23.0 Å². The third kappa shape index (κ3) is 1.99. The molecule has 0 amide bonds. The molecule has 1 aliphatic rings. The lowest BCUT2D eigenvalue weighted by Gasteiger charge is -2.19. The van der Waals surface area contributed by atoms with Gasteiger partial charge in [0.05, 0.1) is 11.2 Å².